The lowest BCUT2D eigenvalue weighted by atomic mass is 10.2. The van der Waals surface area contributed by atoms with Crippen LogP contribution in [0.4, 0.5) is 10.5 Å². The first-order chi connectivity index (χ1) is 9.31. The minimum atomic E-state index is -1.16. The Morgan fingerprint density at radius 1 is 1.40 bits per heavy atom. The van der Waals surface area contributed by atoms with E-state index in [1.807, 2.05) is 0 Å². The number of aliphatic hydroxyl groups is 1. The van der Waals surface area contributed by atoms with Crippen LogP contribution in [0.25, 0.3) is 0 Å². The monoisotopic (exact) mass is 282 g/mol. The van der Waals surface area contributed by atoms with Crippen LogP contribution in [0.5, 0.6) is 5.75 Å². The number of carbonyl (C=O) groups excluding carboxylic acids is 1. The molecule has 1 aromatic rings. The van der Waals surface area contributed by atoms with E-state index in [2.05, 4.69) is 5.32 Å². The lowest BCUT2D eigenvalue weighted by Gasteiger charge is -2.19. The van der Waals surface area contributed by atoms with Gasteiger partial charge in [-0.2, -0.15) is 0 Å². The summed E-state index contributed by atoms with van der Waals surface area (Å²) >= 11 is 0. The van der Waals surface area contributed by atoms with Gasteiger partial charge in [0, 0.05) is 13.6 Å². The predicted octanol–water partition coefficient (Wildman–Crippen LogP) is 1.33. The highest BCUT2D eigenvalue weighted by molar-refractivity contribution is 5.93. The fourth-order valence-electron chi connectivity index (χ4n) is 1.46. The highest BCUT2D eigenvalue weighted by Gasteiger charge is 2.13. The molecule has 7 heteroatoms. The summed E-state index contributed by atoms with van der Waals surface area (Å²) in [5, 5.41) is 30.0. The van der Waals surface area contributed by atoms with Crippen molar-refractivity contribution in [1.82, 2.24) is 4.90 Å². The third-order valence-corrected chi connectivity index (χ3v) is 2.72. The summed E-state index contributed by atoms with van der Waals surface area (Å²) in [5.74, 6) is -1.48. The molecular formula is C13H18N2O5. The Bertz CT molecular complexity index is 502. The Labute approximate surface area is 116 Å². The molecular weight excluding hydrogens is 264 g/mol. The highest BCUT2D eigenvalue weighted by atomic mass is 16.4. The molecule has 0 bridgehead atoms. The van der Waals surface area contributed by atoms with E-state index in [1.165, 1.54) is 17.0 Å². The van der Waals surface area contributed by atoms with Crippen LogP contribution in [0.15, 0.2) is 18.2 Å². The number of carboxylic acid groups (broad SMARTS) is 1. The second kappa shape index (κ2) is 6.76. The maximum Gasteiger partial charge on any atom is 0.335 e. The number of hydrogen-bond donors (Lipinski definition) is 4. The van der Waals surface area contributed by atoms with Crippen LogP contribution in [-0.2, 0) is 0 Å². The van der Waals surface area contributed by atoms with E-state index in [-0.39, 0.29) is 17.0 Å². The van der Waals surface area contributed by atoms with E-state index in [9.17, 15) is 14.7 Å². The molecule has 0 fully saturated rings. The van der Waals surface area contributed by atoms with Crippen LogP contribution in [0.2, 0.25) is 0 Å². The second-order valence-electron chi connectivity index (χ2n) is 4.53. The van der Waals surface area contributed by atoms with Gasteiger partial charge in [0.05, 0.1) is 17.4 Å². The molecule has 0 aliphatic carbocycles. The number of rotatable bonds is 5. The van der Waals surface area contributed by atoms with Crippen molar-refractivity contribution in [3.8, 4) is 5.75 Å². The van der Waals surface area contributed by atoms with Gasteiger partial charge in [0.25, 0.3) is 0 Å². The van der Waals surface area contributed by atoms with Gasteiger partial charge in [-0.1, -0.05) is 0 Å². The Balaban J connectivity index is 2.68. The first-order valence-electron chi connectivity index (χ1n) is 6.07. The van der Waals surface area contributed by atoms with Gasteiger partial charge >= 0.3 is 12.0 Å². The number of urea groups is 1. The van der Waals surface area contributed by atoms with Crippen LogP contribution in [0, 0.1) is 0 Å². The number of hydrogen-bond acceptors (Lipinski definition) is 4. The zero-order valence-electron chi connectivity index (χ0n) is 11.3. The number of benzene rings is 1. The molecule has 1 atom stereocenters. The van der Waals surface area contributed by atoms with E-state index in [0.29, 0.717) is 13.0 Å². The van der Waals surface area contributed by atoms with Crippen molar-refractivity contribution in [1.29, 1.82) is 0 Å². The molecule has 0 spiro atoms. The summed E-state index contributed by atoms with van der Waals surface area (Å²) in [7, 11) is 1.56. The summed E-state index contributed by atoms with van der Waals surface area (Å²) < 4.78 is 0. The van der Waals surface area contributed by atoms with E-state index >= 15 is 0 Å². The van der Waals surface area contributed by atoms with Crippen LogP contribution in [0.1, 0.15) is 23.7 Å². The Morgan fingerprint density at radius 3 is 2.55 bits per heavy atom. The molecule has 2 amide bonds. The molecule has 7 nitrogen and oxygen atoms in total. The van der Waals surface area contributed by atoms with Crippen molar-refractivity contribution in [3.63, 3.8) is 0 Å². The minimum absolute atomic E-state index is 0.0667. The van der Waals surface area contributed by atoms with Crippen molar-refractivity contribution in [2.75, 3.05) is 18.9 Å². The van der Waals surface area contributed by atoms with Gasteiger partial charge in [-0.3, -0.25) is 0 Å². The molecule has 0 saturated heterocycles. The lowest BCUT2D eigenvalue weighted by Crippen LogP contribution is -2.33. The standard InChI is InChI=1S/C13H18N2O5/c1-8(16)5-6-15(2)13(20)14-10-4-3-9(12(18)19)7-11(10)17/h3-4,7-8,16-17H,5-6H2,1-2H3,(H,14,20)(H,18,19). The predicted molar refractivity (Wildman–Crippen MR) is 73.0 cm³/mol. The summed E-state index contributed by atoms with van der Waals surface area (Å²) in [5.41, 5.74) is 0.0619. The SMILES string of the molecule is CC(O)CCN(C)C(=O)Nc1ccc(C(=O)O)cc1O. The van der Waals surface area contributed by atoms with Crippen LogP contribution in [0.3, 0.4) is 0 Å². The molecule has 1 unspecified atom stereocenters. The van der Waals surface area contributed by atoms with Gasteiger partial charge in [-0.15, -0.1) is 0 Å². The molecule has 1 rings (SSSR count). The summed E-state index contributed by atoms with van der Waals surface area (Å²) in [6.45, 7) is 1.99. The maximum atomic E-state index is 11.8. The first-order valence-corrected chi connectivity index (χ1v) is 6.07. The van der Waals surface area contributed by atoms with Gasteiger partial charge in [0.2, 0.25) is 0 Å². The van der Waals surface area contributed by atoms with Crippen molar-refractivity contribution in [2.45, 2.75) is 19.4 Å². The average Bonchev–Trinajstić information content (AvgIpc) is 2.37. The summed E-state index contributed by atoms with van der Waals surface area (Å²) in [6.07, 6.45) is -0.0677. The number of phenols is 1. The molecule has 110 valence electrons. The number of carboxylic acids is 1. The zero-order chi connectivity index (χ0) is 15.3. The van der Waals surface area contributed by atoms with Crippen LogP contribution in [-0.4, -0.2) is 51.9 Å². The number of phenolic OH excluding ortho intramolecular Hbond substituents is 1. The minimum Gasteiger partial charge on any atom is -0.506 e. The third kappa shape index (κ3) is 4.43. The van der Waals surface area contributed by atoms with Crippen molar-refractivity contribution in [3.05, 3.63) is 23.8 Å². The van der Waals surface area contributed by atoms with Crippen LogP contribution < -0.4 is 5.32 Å². The number of amides is 2. The Hall–Kier alpha value is -2.28. The largest absolute Gasteiger partial charge is 0.506 e. The van der Waals surface area contributed by atoms with Gasteiger partial charge in [0.15, 0.2) is 0 Å². The number of aromatic hydroxyl groups is 1. The van der Waals surface area contributed by atoms with Crippen molar-refractivity contribution in [2.24, 2.45) is 0 Å². The summed E-state index contributed by atoms with van der Waals surface area (Å²) in [4.78, 5) is 23.9. The molecule has 0 saturated carbocycles. The fraction of sp³-hybridized carbons (Fsp3) is 0.385. The smallest absolute Gasteiger partial charge is 0.335 e. The highest BCUT2D eigenvalue weighted by Crippen LogP contribution is 2.24. The van der Waals surface area contributed by atoms with E-state index in [4.69, 9.17) is 10.2 Å². The maximum absolute atomic E-state index is 11.8. The van der Waals surface area contributed by atoms with E-state index in [1.54, 1.807) is 14.0 Å². The number of carbonyl (C=O) groups is 2. The number of nitrogens with zero attached hydrogens (tertiary/aromatic N) is 1. The fourth-order valence-corrected chi connectivity index (χ4v) is 1.46. The lowest BCUT2D eigenvalue weighted by molar-refractivity contribution is 0.0696. The molecule has 0 aliphatic heterocycles. The molecule has 0 aromatic heterocycles. The first kappa shape index (κ1) is 15.8. The summed E-state index contributed by atoms with van der Waals surface area (Å²) in [6, 6.07) is 3.21. The quantitative estimate of drug-likeness (QED) is 0.609. The Kier molecular flexibility index (Phi) is 5.33. The molecule has 0 heterocycles. The normalized spacial score (nSPS) is 11.8. The number of anilines is 1. The van der Waals surface area contributed by atoms with Gasteiger partial charge in [0.1, 0.15) is 5.75 Å². The molecule has 0 radical (unpaired) electrons. The van der Waals surface area contributed by atoms with Gasteiger partial charge in [-0.05, 0) is 31.5 Å². The number of aromatic carboxylic acids is 1. The van der Waals surface area contributed by atoms with Gasteiger partial charge < -0.3 is 25.5 Å². The molecule has 4 N–H and O–H groups in total. The second-order valence-corrected chi connectivity index (χ2v) is 4.53. The zero-order valence-corrected chi connectivity index (χ0v) is 11.3. The Morgan fingerprint density at radius 2 is 2.05 bits per heavy atom. The number of nitrogens with one attached hydrogen (secondary N) is 1. The van der Waals surface area contributed by atoms with E-state index < -0.39 is 18.1 Å². The topological polar surface area (TPSA) is 110 Å². The molecule has 1 aromatic carbocycles. The van der Waals surface area contributed by atoms with E-state index in [0.717, 1.165) is 6.07 Å². The number of aliphatic hydroxyl groups excluding tert-OH is 1. The third-order valence-electron chi connectivity index (χ3n) is 2.72. The van der Waals surface area contributed by atoms with Crippen LogP contribution >= 0.6 is 0 Å². The molecule has 20 heavy (non-hydrogen) atoms. The molecule has 0 aliphatic rings. The van der Waals surface area contributed by atoms with Crippen molar-refractivity contribution >= 4 is 17.7 Å². The van der Waals surface area contributed by atoms with Crippen molar-refractivity contribution < 1.29 is 24.9 Å². The van der Waals surface area contributed by atoms with Gasteiger partial charge in [-0.25, -0.2) is 9.59 Å². The average molecular weight is 282 g/mol.